The van der Waals surface area contributed by atoms with Crippen molar-refractivity contribution in [3.63, 3.8) is 0 Å². The van der Waals surface area contributed by atoms with Crippen molar-refractivity contribution in [2.24, 2.45) is 5.92 Å². The highest BCUT2D eigenvalue weighted by molar-refractivity contribution is 5.90. The highest BCUT2D eigenvalue weighted by Gasteiger charge is 2.32. The molecule has 0 saturated carbocycles. The Labute approximate surface area is 153 Å². The third-order valence-corrected chi connectivity index (χ3v) is 4.78. The van der Waals surface area contributed by atoms with Gasteiger partial charge in [-0.15, -0.1) is 0 Å². The van der Waals surface area contributed by atoms with Crippen LogP contribution in [-0.4, -0.2) is 18.0 Å². The largest absolute Gasteiger partial charge is 0.459 e. The molecule has 0 bridgehead atoms. The molecule has 144 valence electrons. The number of unbranched alkanes of at least 4 members (excludes halogenated alkanes) is 8. The van der Waals surface area contributed by atoms with E-state index in [1.54, 1.807) is 0 Å². The number of esters is 2. The Bertz CT molecular complexity index is 453. The van der Waals surface area contributed by atoms with Crippen LogP contribution in [0.4, 0.5) is 0 Å². The van der Waals surface area contributed by atoms with Gasteiger partial charge >= 0.3 is 11.9 Å². The molecular formula is C21H36O4. The summed E-state index contributed by atoms with van der Waals surface area (Å²) in [6, 6.07) is 0. The fourth-order valence-corrected chi connectivity index (χ4v) is 3.51. The molecule has 1 aliphatic rings. The number of ether oxygens (including phenoxy) is 2. The Hall–Kier alpha value is -1.32. The zero-order valence-corrected chi connectivity index (χ0v) is 16.6. The van der Waals surface area contributed by atoms with E-state index in [4.69, 9.17) is 9.47 Å². The molecule has 0 radical (unpaired) electrons. The van der Waals surface area contributed by atoms with Crippen molar-refractivity contribution in [1.82, 2.24) is 0 Å². The minimum absolute atomic E-state index is 0.0717. The minimum atomic E-state index is -0.364. The number of allylic oxidation sites excluding steroid dienone is 1. The van der Waals surface area contributed by atoms with E-state index >= 15 is 0 Å². The molecule has 25 heavy (non-hydrogen) atoms. The van der Waals surface area contributed by atoms with Crippen LogP contribution in [0.5, 0.6) is 0 Å². The van der Waals surface area contributed by atoms with Crippen molar-refractivity contribution in [2.45, 2.75) is 104 Å². The maximum absolute atomic E-state index is 12.2. The highest BCUT2D eigenvalue weighted by Crippen LogP contribution is 2.31. The second kappa shape index (κ2) is 12.1. The lowest BCUT2D eigenvalue weighted by molar-refractivity contribution is -0.148. The van der Waals surface area contributed by atoms with Gasteiger partial charge in [-0.2, -0.15) is 0 Å². The normalized spacial score (nSPS) is 22.5. The Morgan fingerprint density at radius 3 is 2.12 bits per heavy atom. The lowest BCUT2D eigenvalue weighted by Gasteiger charge is -2.28. The van der Waals surface area contributed by atoms with Gasteiger partial charge in [0.25, 0.3) is 0 Å². The first-order chi connectivity index (χ1) is 12.0. The van der Waals surface area contributed by atoms with Crippen LogP contribution in [-0.2, 0) is 19.1 Å². The van der Waals surface area contributed by atoms with E-state index in [0.717, 1.165) is 19.3 Å². The molecule has 0 amide bonds. The molecule has 0 N–H and O–H groups in total. The molecule has 4 nitrogen and oxygen atoms in total. The molecule has 1 heterocycles. The summed E-state index contributed by atoms with van der Waals surface area (Å²) < 4.78 is 10.7. The van der Waals surface area contributed by atoms with E-state index in [2.05, 4.69) is 6.92 Å². The lowest BCUT2D eigenvalue weighted by atomic mass is 9.90. The molecule has 2 atom stereocenters. The second-order valence-electron chi connectivity index (χ2n) is 7.36. The van der Waals surface area contributed by atoms with Crippen molar-refractivity contribution < 1.29 is 19.1 Å². The Balaban J connectivity index is 2.45. The summed E-state index contributed by atoms with van der Waals surface area (Å²) in [4.78, 5) is 23.7. The van der Waals surface area contributed by atoms with Crippen LogP contribution in [0.15, 0.2) is 11.3 Å². The van der Waals surface area contributed by atoms with Gasteiger partial charge in [-0.05, 0) is 25.7 Å². The van der Waals surface area contributed by atoms with Gasteiger partial charge in [0.05, 0.1) is 11.7 Å². The number of rotatable bonds is 11. The first-order valence-electron chi connectivity index (χ1n) is 10.1. The first-order valence-corrected chi connectivity index (χ1v) is 10.1. The van der Waals surface area contributed by atoms with Crippen LogP contribution in [0.1, 0.15) is 98.3 Å². The zero-order valence-electron chi connectivity index (χ0n) is 16.6. The molecule has 1 aliphatic heterocycles. The molecule has 0 aromatic carbocycles. The maximum atomic E-state index is 12.2. The number of hydrogen-bond acceptors (Lipinski definition) is 4. The monoisotopic (exact) mass is 352 g/mol. The quantitative estimate of drug-likeness (QED) is 0.207. The molecule has 0 aliphatic carbocycles. The van der Waals surface area contributed by atoms with E-state index < -0.39 is 0 Å². The number of carbonyl (C=O) groups excluding carboxylic acids is 2. The van der Waals surface area contributed by atoms with Crippen LogP contribution < -0.4 is 0 Å². The maximum Gasteiger partial charge on any atom is 0.337 e. The molecule has 0 aromatic heterocycles. The van der Waals surface area contributed by atoms with Crippen molar-refractivity contribution in [3.05, 3.63) is 11.3 Å². The Morgan fingerprint density at radius 2 is 1.60 bits per heavy atom. The molecule has 1 fully saturated rings. The van der Waals surface area contributed by atoms with Gasteiger partial charge in [-0.1, -0.05) is 65.2 Å². The topological polar surface area (TPSA) is 52.6 Å². The van der Waals surface area contributed by atoms with E-state index in [1.807, 2.05) is 13.8 Å². The van der Waals surface area contributed by atoms with Crippen LogP contribution in [0.3, 0.4) is 0 Å². The predicted molar refractivity (Wildman–Crippen MR) is 100.0 cm³/mol. The van der Waals surface area contributed by atoms with Gasteiger partial charge in [0.15, 0.2) is 0 Å². The van der Waals surface area contributed by atoms with Crippen LogP contribution >= 0.6 is 0 Å². The van der Waals surface area contributed by atoms with E-state index in [-0.39, 0.29) is 24.0 Å². The lowest BCUT2D eigenvalue weighted by Crippen LogP contribution is -2.30. The summed E-state index contributed by atoms with van der Waals surface area (Å²) >= 11 is 0. The first kappa shape index (κ1) is 21.7. The van der Waals surface area contributed by atoms with Crippen molar-refractivity contribution in [1.29, 1.82) is 0 Å². The van der Waals surface area contributed by atoms with Crippen LogP contribution in [0, 0.1) is 5.92 Å². The Morgan fingerprint density at radius 1 is 1.04 bits per heavy atom. The van der Waals surface area contributed by atoms with Crippen molar-refractivity contribution in [3.8, 4) is 0 Å². The van der Waals surface area contributed by atoms with Crippen molar-refractivity contribution in [2.75, 3.05) is 0 Å². The number of cyclic esters (lactones) is 1. The summed E-state index contributed by atoms with van der Waals surface area (Å²) in [7, 11) is 0. The fraction of sp³-hybridized carbons (Fsp3) is 0.810. The third kappa shape index (κ3) is 8.55. The average Bonchev–Trinajstić information content (AvgIpc) is 2.51. The molecule has 4 heteroatoms. The average molecular weight is 353 g/mol. The number of carbonyl (C=O) groups is 2. The third-order valence-electron chi connectivity index (χ3n) is 4.78. The molecule has 0 spiro atoms. The van der Waals surface area contributed by atoms with E-state index in [1.165, 1.54) is 51.9 Å². The summed E-state index contributed by atoms with van der Waals surface area (Å²) in [5, 5.41) is 0. The summed E-state index contributed by atoms with van der Waals surface area (Å²) in [5.74, 6) is -0.0838. The van der Waals surface area contributed by atoms with E-state index in [9.17, 15) is 9.59 Å². The molecular weight excluding hydrogens is 316 g/mol. The highest BCUT2D eigenvalue weighted by atomic mass is 16.6. The molecule has 0 aromatic rings. The van der Waals surface area contributed by atoms with E-state index in [0.29, 0.717) is 17.8 Å². The van der Waals surface area contributed by atoms with Gasteiger partial charge in [0, 0.05) is 13.3 Å². The van der Waals surface area contributed by atoms with Gasteiger partial charge in [-0.3, -0.25) is 4.79 Å². The standard InChI is InChI=1S/C21H36O4/c1-5-6-7-8-9-10-11-12-13-14-19(25-18(4)22)20-16(2)15-17(3)24-21(20)23/h16-17H,5-15H2,1-4H3/t16-,17-/m0/s1. The molecule has 0 unspecified atom stereocenters. The smallest absolute Gasteiger partial charge is 0.337 e. The minimum Gasteiger partial charge on any atom is -0.459 e. The summed E-state index contributed by atoms with van der Waals surface area (Å²) in [6.45, 7) is 7.53. The van der Waals surface area contributed by atoms with Gasteiger partial charge in [0.2, 0.25) is 0 Å². The number of hydrogen-bond donors (Lipinski definition) is 0. The van der Waals surface area contributed by atoms with Crippen molar-refractivity contribution >= 4 is 11.9 Å². The Kier molecular flexibility index (Phi) is 10.5. The molecule has 1 rings (SSSR count). The van der Waals surface area contributed by atoms with Gasteiger partial charge in [-0.25, -0.2) is 4.79 Å². The second-order valence-corrected chi connectivity index (χ2v) is 7.36. The van der Waals surface area contributed by atoms with Gasteiger partial charge < -0.3 is 9.47 Å². The van der Waals surface area contributed by atoms with Crippen LogP contribution in [0.25, 0.3) is 0 Å². The molecule has 1 saturated heterocycles. The predicted octanol–water partition coefficient (Wildman–Crippen LogP) is 5.70. The zero-order chi connectivity index (χ0) is 18.7. The fourth-order valence-electron chi connectivity index (χ4n) is 3.51. The summed E-state index contributed by atoms with van der Waals surface area (Å²) in [5.41, 5.74) is 0.563. The summed E-state index contributed by atoms with van der Waals surface area (Å²) in [6.07, 6.45) is 12.5. The van der Waals surface area contributed by atoms with Gasteiger partial charge in [0.1, 0.15) is 5.76 Å². The van der Waals surface area contributed by atoms with Crippen LogP contribution in [0.2, 0.25) is 0 Å². The SMILES string of the molecule is CCCCCCCCCCCC(OC(C)=O)=C1C(=O)O[C@@H](C)C[C@@H]1C.